The molecule has 0 radical (unpaired) electrons. The van der Waals surface area contributed by atoms with Crippen LogP contribution in [-0.4, -0.2) is 15.8 Å². The summed E-state index contributed by atoms with van der Waals surface area (Å²) in [5, 5.41) is 5.50. The molecule has 2 aromatic rings. The number of nitrogens with zero attached hydrogens (tertiary/aromatic N) is 1. The molecule has 0 amide bonds. The van der Waals surface area contributed by atoms with Crippen LogP contribution in [0.3, 0.4) is 0 Å². The van der Waals surface area contributed by atoms with Gasteiger partial charge in [-0.05, 0) is 30.8 Å². The Labute approximate surface area is 105 Å². The summed E-state index contributed by atoms with van der Waals surface area (Å²) in [4.78, 5) is 3.23. The Hall–Kier alpha value is -1.88. The van der Waals surface area contributed by atoms with Gasteiger partial charge in [-0.25, -0.2) is 0 Å². The molecule has 4 nitrogen and oxygen atoms in total. The van der Waals surface area contributed by atoms with Gasteiger partial charge in [-0.15, -0.1) is 0 Å². The van der Waals surface area contributed by atoms with Gasteiger partial charge in [0.25, 0.3) is 0 Å². The Balaban J connectivity index is 2.18. The Morgan fingerprint density at radius 1 is 1.47 bits per heavy atom. The van der Waals surface area contributed by atoms with Crippen LogP contribution in [-0.2, 0) is 6.42 Å². The Morgan fingerprint density at radius 3 is 3.00 bits per heavy atom. The third-order valence-corrected chi connectivity index (χ3v) is 2.57. The number of hydrogen-bond donors (Lipinski definition) is 3. The van der Waals surface area contributed by atoms with Crippen LogP contribution in [0.15, 0.2) is 35.6 Å². The van der Waals surface area contributed by atoms with Gasteiger partial charge in [0.05, 0.1) is 0 Å². The standard InChI is InChI=1S/C12H14N4S/c1-8(15-16-12(13)17)6-9-7-14-11-5-3-2-4-10(9)11/h2-5,7,14H,6H2,1H3,(H3,13,16,17)/b15-8+. The van der Waals surface area contributed by atoms with E-state index in [2.05, 4.69) is 27.6 Å². The fourth-order valence-electron chi connectivity index (χ4n) is 1.74. The summed E-state index contributed by atoms with van der Waals surface area (Å²) in [7, 11) is 0. The monoisotopic (exact) mass is 246 g/mol. The second-order valence-corrected chi connectivity index (χ2v) is 4.30. The molecule has 5 heteroatoms. The number of rotatable bonds is 3. The smallest absolute Gasteiger partial charge is 0.184 e. The van der Waals surface area contributed by atoms with Gasteiger partial charge in [0.1, 0.15) is 0 Å². The largest absolute Gasteiger partial charge is 0.375 e. The molecule has 1 heterocycles. The topological polar surface area (TPSA) is 66.2 Å². The summed E-state index contributed by atoms with van der Waals surface area (Å²) >= 11 is 4.69. The van der Waals surface area contributed by atoms with Gasteiger partial charge in [-0.3, -0.25) is 5.43 Å². The summed E-state index contributed by atoms with van der Waals surface area (Å²) in [6, 6.07) is 8.19. The minimum atomic E-state index is 0.184. The number of aromatic nitrogens is 1. The van der Waals surface area contributed by atoms with Crippen molar-refractivity contribution in [1.82, 2.24) is 10.4 Å². The zero-order chi connectivity index (χ0) is 12.3. The van der Waals surface area contributed by atoms with Crippen LogP contribution in [0, 0.1) is 0 Å². The second-order valence-electron chi connectivity index (χ2n) is 3.86. The Kier molecular flexibility index (Phi) is 3.39. The second kappa shape index (κ2) is 4.97. The number of nitrogens with one attached hydrogen (secondary N) is 2. The molecule has 1 aromatic carbocycles. The molecule has 0 bridgehead atoms. The van der Waals surface area contributed by atoms with Crippen LogP contribution < -0.4 is 11.2 Å². The van der Waals surface area contributed by atoms with Crippen molar-refractivity contribution in [2.75, 3.05) is 0 Å². The zero-order valence-electron chi connectivity index (χ0n) is 9.53. The molecule has 0 saturated heterocycles. The number of aromatic amines is 1. The van der Waals surface area contributed by atoms with E-state index >= 15 is 0 Å². The normalized spacial score (nSPS) is 11.7. The first-order chi connectivity index (χ1) is 8.16. The number of hydrogen-bond acceptors (Lipinski definition) is 2. The van der Waals surface area contributed by atoms with Crippen LogP contribution >= 0.6 is 12.2 Å². The van der Waals surface area contributed by atoms with Crippen molar-refractivity contribution < 1.29 is 0 Å². The van der Waals surface area contributed by atoms with Crippen molar-refractivity contribution in [2.45, 2.75) is 13.3 Å². The third-order valence-electron chi connectivity index (χ3n) is 2.48. The highest BCUT2D eigenvalue weighted by atomic mass is 32.1. The first-order valence-electron chi connectivity index (χ1n) is 5.30. The highest BCUT2D eigenvalue weighted by molar-refractivity contribution is 7.80. The Bertz CT molecular complexity index is 571. The van der Waals surface area contributed by atoms with Gasteiger partial charge in [-0.1, -0.05) is 18.2 Å². The molecule has 0 aliphatic carbocycles. The van der Waals surface area contributed by atoms with Gasteiger partial charge in [0.15, 0.2) is 5.11 Å². The van der Waals surface area contributed by atoms with Crippen LogP contribution in [0.1, 0.15) is 12.5 Å². The lowest BCUT2D eigenvalue weighted by atomic mass is 10.1. The van der Waals surface area contributed by atoms with E-state index in [1.807, 2.05) is 25.3 Å². The van der Waals surface area contributed by atoms with Crippen molar-refractivity contribution in [3.05, 3.63) is 36.0 Å². The minimum Gasteiger partial charge on any atom is -0.375 e. The van der Waals surface area contributed by atoms with Crippen molar-refractivity contribution in [3.8, 4) is 0 Å². The average molecular weight is 246 g/mol. The van der Waals surface area contributed by atoms with Crippen LogP contribution in [0.5, 0.6) is 0 Å². The Morgan fingerprint density at radius 2 is 2.24 bits per heavy atom. The van der Waals surface area contributed by atoms with Crippen LogP contribution in [0.25, 0.3) is 10.9 Å². The fourth-order valence-corrected chi connectivity index (χ4v) is 1.79. The van der Waals surface area contributed by atoms with E-state index in [0.717, 1.165) is 17.6 Å². The maximum absolute atomic E-state index is 5.31. The number of benzene rings is 1. The quantitative estimate of drug-likeness (QED) is 0.440. The summed E-state index contributed by atoms with van der Waals surface area (Å²) < 4.78 is 0. The van der Waals surface area contributed by atoms with E-state index in [9.17, 15) is 0 Å². The number of H-pyrrole nitrogens is 1. The molecular weight excluding hydrogens is 232 g/mol. The van der Waals surface area contributed by atoms with Gasteiger partial charge < -0.3 is 10.7 Å². The van der Waals surface area contributed by atoms with Gasteiger partial charge in [0.2, 0.25) is 0 Å². The molecule has 0 saturated carbocycles. The van der Waals surface area contributed by atoms with E-state index in [1.54, 1.807) is 0 Å². The van der Waals surface area contributed by atoms with E-state index in [-0.39, 0.29) is 5.11 Å². The van der Waals surface area contributed by atoms with Gasteiger partial charge in [0, 0.05) is 29.2 Å². The lowest BCUT2D eigenvalue weighted by molar-refractivity contribution is 1.01. The zero-order valence-corrected chi connectivity index (χ0v) is 10.3. The molecule has 1 aromatic heterocycles. The van der Waals surface area contributed by atoms with E-state index in [0.29, 0.717) is 0 Å². The average Bonchev–Trinajstić information content (AvgIpc) is 2.70. The summed E-state index contributed by atoms with van der Waals surface area (Å²) in [6.45, 7) is 1.94. The van der Waals surface area contributed by atoms with Crippen LogP contribution in [0.4, 0.5) is 0 Å². The summed E-state index contributed by atoms with van der Waals surface area (Å²) in [6.07, 6.45) is 2.77. The van der Waals surface area contributed by atoms with E-state index in [1.165, 1.54) is 10.9 Å². The number of nitrogens with two attached hydrogens (primary N) is 1. The van der Waals surface area contributed by atoms with Crippen molar-refractivity contribution in [3.63, 3.8) is 0 Å². The molecule has 4 N–H and O–H groups in total. The van der Waals surface area contributed by atoms with Crippen molar-refractivity contribution in [1.29, 1.82) is 0 Å². The van der Waals surface area contributed by atoms with E-state index in [4.69, 9.17) is 18.0 Å². The summed E-state index contributed by atoms with van der Waals surface area (Å²) in [5.74, 6) is 0. The summed E-state index contributed by atoms with van der Waals surface area (Å²) in [5.41, 5.74) is 11.2. The number of fused-ring (bicyclic) bond motifs is 1. The first-order valence-corrected chi connectivity index (χ1v) is 5.71. The maximum atomic E-state index is 5.31. The number of para-hydroxylation sites is 1. The maximum Gasteiger partial charge on any atom is 0.184 e. The molecule has 88 valence electrons. The molecule has 0 fully saturated rings. The predicted octanol–water partition coefficient (Wildman–Crippen LogP) is 1.92. The third kappa shape index (κ3) is 2.82. The molecule has 0 aliphatic heterocycles. The highest BCUT2D eigenvalue weighted by Gasteiger charge is 2.03. The highest BCUT2D eigenvalue weighted by Crippen LogP contribution is 2.18. The number of hydrazone groups is 1. The minimum absolute atomic E-state index is 0.184. The molecule has 2 rings (SSSR count). The SMILES string of the molecule is C/C(Cc1c[nH]c2ccccc12)=N\NC(N)=S. The molecule has 0 atom stereocenters. The predicted molar refractivity (Wildman–Crippen MR) is 75.0 cm³/mol. The fraction of sp³-hybridized carbons (Fsp3) is 0.167. The molecule has 0 aliphatic rings. The molecule has 0 unspecified atom stereocenters. The lowest BCUT2D eigenvalue weighted by Gasteiger charge is -2.01. The first kappa shape index (κ1) is 11.6. The number of thiocarbonyl (C=S) groups is 1. The molecular formula is C12H14N4S. The lowest BCUT2D eigenvalue weighted by Crippen LogP contribution is -2.25. The van der Waals surface area contributed by atoms with Gasteiger partial charge >= 0.3 is 0 Å². The van der Waals surface area contributed by atoms with E-state index < -0.39 is 0 Å². The molecule has 0 spiro atoms. The van der Waals surface area contributed by atoms with Gasteiger partial charge in [-0.2, -0.15) is 5.10 Å². The molecule has 17 heavy (non-hydrogen) atoms. The van der Waals surface area contributed by atoms with Crippen molar-refractivity contribution >= 4 is 33.9 Å². The van der Waals surface area contributed by atoms with Crippen LogP contribution in [0.2, 0.25) is 0 Å². The van der Waals surface area contributed by atoms with Crippen molar-refractivity contribution in [2.24, 2.45) is 10.8 Å².